The molecule has 0 aliphatic heterocycles. The first-order chi connectivity index (χ1) is 5.82. The summed E-state index contributed by atoms with van der Waals surface area (Å²) in [5.41, 5.74) is 0.767. The van der Waals surface area contributed by atoms with Crippen molar-refractivity contribution in [2.24, 2.45) is 0 Å². The predicted octanol–water partition coefficient (Wildman–Crippen LogP) is 3.26. The Morgan fingerprint density at radius 3 is 2.23 bits per heavy atom. The van der Waals surface area contributed by atoms with E-state index in [1.54, 1.807) is 6.92 Å². The smallest absolute Gasteiger partial charge is 0.258 e. The van der Waals surface area contributed by atoms with Crippen LogP contribution in [0.4, 0.5) is 5.00 Å². The Balaban J connectivity index is 3.17. The monoisotopic (exact) mass is 199 g/mol. The van der Waals surface area contributed by atoms with Gasteiger partial charge >= 0.3 is 5.00 Å². The van der Waals surface area contributed by atoms with E-state index in [1.165, 1.54) is 11.3 Å². The third-order valence-electron chi connectivity index (χ3n) is 1.80. The number of thiophene rings is 1. The van der Waals surface area contributed by atoms with Crippen molar-refractivity contribution in [3.8, 4) is 0 Å². The Hall–Kier alpha value is -0.900. The van der Waals surface area contributed by atoms with Crippen molar-refractivity contribution in [2.45, 2.75) is 33.1 Å². The van der Waals surface area contributed by atoms with Crippen LogP contribution >= 0.6 is 11.3 Å². The molecule has 0 aliphatic carbocycles. The fourth-order valence-electron chi connectivity index (χ4n) is 1.02. The average molecular weight is 199 g/mol. The van der Waals surface area contributed by atoms with Crippen molar-refractivity contribution in [3.05, 3.63) is 26.6 Å². The maximum absolute atomic E-state index is 10.6. The van der Waals surface area contributed by atoms with Gasteiger partial charge in [0.2, 0.25) is 0 Å². The molecule has 0 unspecified atom stereocenters. The molecule has 0 saturated carbocycles. The maximum atomic E-state index is 10.6. The summed E-state index contributed by atoms with van der Waals surface area (Å²) in [6, 6.07) is 1.91. The van der Waals surface area contributed by atoms with Gasteiger partial charge in [0.25, 0.3) is 0 Å². The lowest BCUT2D eigenvalue weighted by Crippen LogP contribution is -2.07. The predicted molar refractivity (Wildman–Crippen MR) is 54.4 cm³/mol. The van der Waals surface area contributed by atoms with E-state index in [9.17, 15) is 10.1 Å². The highest BCUT2D eigenvalue weighted by molar-refractivity contribution is 7.15. The maximum Gasteiger partial charge on any atom is 0.327 e. The molecule has 0 atom stereocenters. The van der Waals surface area contributed by atoms with E-state index in [2.05, 4.69) is 20.8 Å². The fourth-order valence-corrected chi connectivity index (χ4v) is 2.07. The van der Waals surface area contributed by atoms with Crippen molar-refractivity contribution < 1.29 is 4.92 Å². The van der Waals surface area contributed by atoms with Crippen LogP contribution in [0.25, 0.3) is 0 Å². The topological polar surface area (TPSA) is 43.1 Å². The molecule has 0 fully saturated rings. The Morgan fingerprint density at radius 2 is 2.00 bits per heavy atom. The van der Waals surface area contributed by atoms with Crippen LogP contribution < -0.4 is 0 Å². The largest absolute Gasteiger partial charge is 0.327 e. The summed E-state index contributed by atoms with van der Waals surface area (Å²) in [6.45, 7) is 7.95. The van der Waals surface area contributed by atoms with Gasteiger partial charge in [-0.3, -0.25) is 10.1 Å². The van der Waals surface area contributed by atoms with E-state index in [-0.39, 0.29) is 15.3 Å². The fraction of sp³-hybridized carbons (Fsp3) is 0.556. The lowest BCUT2D eigenvalue weighted by atomic mass is 9.94. The van der Waals surface area contributed by atoms with Gasteiger partial charge in [0.05, 0.1) is 4.92 Å². The van der Waals surface area contributed by atoms with Crippen LogP contribution in [0.15, 0.2) is 6.07 Å². The van der Waals surface area contributed by atoms with E-state index in [1.807, 2.05) is 6.07 Å². The van der Waals surface area contributed by atoms with Crippen LogP contribution in [-0.4, -0.2) is 4.92 Å². The van der Waals surface area contributed by atoms with E-state index in [4.69, 9.17) is 0 Å². The first kappa shape index (κ1) is 10.2. The standard InChI is InChI=1S/C9H13NO2S/c1-6-5-7(9(2,3)4)13-8(6)10(11)12/h5H,1-4H3. The molecule has 0 amide bonds. The zero-order valence-electron chi connectivity index (χ0n) is 8.25. The van der Waals surface area contributed by atoms with Gasteiger partial charge in [-0.25, -0.2) is 0 Å². The van der Waals surface area contributed by atoms with E-state index >= 15 is 0 Å². The van der Waals surface area contributed by atoms with E-state index in [0.717, 1.165) is 10.4 Å². The Labute approximate surface area is 81.5 Å². The molecule has 4 heteroatoms. The highest BCUT2D eigenvalue weighted by Crippen LogP contribution is 2.36. The van der Waals surface area contributed by atoms with Gasteiger partial charge in [-0.1, -0.05) is 32.1 Å². The summed E-state index contributed by atoms with van der Waals surface area (Å²) in [5.74, 6) is 0. The van der Waals surface area contributed by atoms with Crippen LogP contribution in [0.1, 0.15) is 31.2 Å². The summed E-state index contributed by atoms with van der Waals surface area (Å²) in [7, 11) is 0. The molecule has 0 N–H and O–H groups in total. The Bertz CT molecular complexity index is 336. The lowest BCUT2D eigenvalue weighted by molar-refractivity contribution is -0.380. The van der Waals surface area contributed by atoms with Gasteiger partial charge in [-0.05, 0) is 18.4 Å². The van der Waals surface area contributed by atoms with Gasteiger partial charge < -0.3 is 0 Å². The van der Waals surface area contributed by atoms with Crippen molar-refractivity contribution in [2.75, 3.05) is 0 Å². The molecule has 13 heavy (non-hydrogen) atoms. The van der Waals surface area contributed by atoms with Crippen LogP contribution in [0, 0.1) is 17.0 Å². The summed E-state index contributed by atoms with van der Waals surface area (Å²) < 4.78 is 0. The summed E-state index contributed by atoms with van der Waals surface area (Å²) in [6.07, 6.45) is 0. The molecule has 0 radical (unpaired) electrons. The summed E-state index contributed by atoms with van der Waals surface area (Å²) in [4.78, 5) is 11.3. The van der Waals surface area contributed by atoms with E-state index < -0.39 is 0 Å². The summed E-state index contributed by atoms with van der Waals surface area (Å²) in [5, 5.41) is 10.8. The molecule has 1 rings (SSSR count). The number of hydrogen-bond acceptors (Lipinski definition) is 3. The Morgan fingerprint density at radius 1 is 1.46 bits per heavy atom. The molecule has 1 aromatic heterocycles. The highest BCUT2D eigenvalue weighted by atomic mass is 32.1. The number of hydrogen-bond donors (Lipinski definition) is 0. The molecule has 72 valence electrons. The second-order valence-corrected chi connectivity index (χ2v) is 5.14. The molecule has 0 bridgehead atoms. The van der Waals surface area contributed by atoms with Gasteiger partial charge in [0.1, 0.15) is 0 Å². The molecule has 0 spiro atoms. The molecular weight excluding hydrogens is 186 g/mol. The minimum Gasteiger partial charge on any atom is -0.258 e. The van der Waals surface area contributed by atoms with E-state index in [0.29, 0.717) is 0 Å². The molecule has 0 saturated heterocycles. The summed E-state index contributed by atoms with van der Waals surface area (Å²) >= 11 is 1.28. The van der Waals surface area contributed by atoms with Crippen LogP contribution in [0.5, 0.6) is 0 Å². The number of aryl methyl sites for hydroxylation is 1. The number of rotatable bonds is 1. The third kappa shape index (κ3) is 2.06. The van der Waals surface area contributed by atoms with Gasteiger partial charge in [-0.15, -0.1) is 0 Å². The van der Waals surface area contributed by atoms with Crippen LogP contribution in [-0.2, 0) is 5.41 Å². The zero-order chi connectivity index (χ0) is 10.2. The quantitative estimate of drug-likeness (QED) is 0.514. The van der Waals surface area contributed by atoms with Gasteiger partial charge in [0, 0.05) is 10.4 Å². The number of nitro groups is 1. The van der Waals surface area contributed by atoms with Crippen LogP contribution in [0.3, 0.4) is 0 Å². The van der Waals surface area contributed by atoms with Crippen molar-refractivity contribution in [1.82, 2.24) is 0 Å². The van der Waals surface area contributed by atoms with Crippen LogP contribution in [0.2, 0.25) is 0 Å². The minimum atomic E-state index is -0.310. The van der Waals surface area contributed by atoms with Gasteiger partial charge in [0.15, 0.2) is 0 Å². The Kier molecular flexibility index (Phi) is 2.43. The van der Waals surface area contributed by atoms with Gasteiger partial charge in [-0.2, -0.15) is 0 Å². The number of nitrogens with zero attached hydrogens (tertiary/aromatic N) is 1. The minimum absolute atomic E-state index is 0.00366. The zero-order valence-corrected chi connectivity index (χ0v) is 9.07. The lowest BCUT2D eigenvalue weighted by Gasteiger charge is -2.14. The first-order valence-electron chi connectivity index (χ1n) is 4.07. The second-order valence-electron chi connectivity index (χ2n) is 4.11. The molecule has 1 heterocycles. The molecule has 0 aliphatic rings. The SMILES string of the molecule is Cc1cc(C(C)(C)C)sc1[N+](=O)[O-]. The normalized spacial score (nSPS) is 11.7. The van der Waals surface area contributed by atoms with Crippen molar-refractivity contribution in [1.29, 1.82) is 0 Å². The molecular formula is C9H13NO2S. The molecule has 0 aromatic carbocycles. The van der Waals surface area contributed by atoms with Crippen molar-refractivity contribution in [3.63, 3.8) is 0 Å². The highest BCUT2D eigenvalue weighted by Gasteiger charge is 2.22. The second kappa shape index (κ2) is 3.10. The third-order valence-corrected chi connectivity index (χ3v) is 3.41. The molecule has 3 nitrogen and oxygen atoms in total. The molecule has 1 aromatic rings. The average Bonchev–Trinajstić information content (AvgIpc) is 2.29. The van der Waals surface area contributed by atoms with Crippen molar-refractivity contribution >= 4 is 16.3 Å². The first-order valence-corrected chi connectivity index (χ1v) is 4.89.